The maximum atomic E-state index is 9.28. The first-order chi connectivity index (χ1) is 8.76. The number of nitrogens with one attached hydrogen (secondary N) is 1. The van der Waals surface area contributed by atoms with Gasteiger partial charge in [-0.1, -0.05) is 18.2 Å². The van der Waals surface area contributed by atoms with Crippen LogP contribution in [0.3, 0.4) is 0 Å². The van der Waals surface area contributed by atoms with E-state index in [4.69, 9.17) is 0 Å². The molecular weight excluding hydrogens is 262 g/mol. The number of aliphatic hydroxyl groups is 1. The van der Waals surface area contributed by atoms with Crippen molar-refractivity contribution in [3.63, 3.8) is 0 Å². The average molecular weight is 283 g/mol. The zero-order valence-electron chi connectivity index (χ0n) is 10.9. The molecule has 0 aromatic heterocycles. The highest BCUT2D eigenvalue weighted by atomic mass is 32.2. The summed E-state index contributed by atoms with van der Waals surface area (Å²) in [6.45, 7) is 3.40. The predicted molar refractivity (Wildman–Crippen MR) is 81.8 cm³/mol. The molecule has 2 N–H and O–H groups in total. The summed E-state index contributed by atoms with van der Waals surface area (Å²) in [6.07, 6.45) is 2.06. The number of aliphatic hydroxyl groups excluding tert-OH is 1. The second kappa shape index (κ2) is 6.85. The third-order valence-corrected chi connectivity index (χ3v) is 5.94. The Morgan fingerprint density at radius 3 is 3.00 bits per heavy atom. The van der Waals surface area contributed by atoms with Crippen LogP contribution >= 0.6 is 23.5 Å². The van der Waals surface area contributed by atoms with Gasteiger partial charge in [-0.25, -0.2) is 0 Å². The van der Waals surface area contributed by atoms with Gasteiger partial charge in [-0.15, -0.1) is 11.8 Å². The van der Waals surface area contributed by atoms with Gasteiger partial charge in [0.15, 0.2) is 0 Å². The highest BCUT2D eigenvalue weighted by Crippen LogP contribution is 2.38. The maximum absolute atomic E-state index is 9.28. The fourth-order valence-electron chi connectivity index (χ4n) is 2.29. The summed E-state index contributed by atoms with van der Waals surface area (Å²) in [6, 6.07) is 9.04. The second-order valence-corrected chi connectivity index (χ2v) is 6.84. The van der Waals surface area contributed by atoms with Crippen molar-refractivity contribution >= 4 is 23.5 Å². The molecule has 3 atom stereocenters. The van der Waals surface area contributed by atoms with Crippen LogP contribution in [0.4, 0.5) is 0 Å². The molecule has 0 saturated heterocycles. The summed E-state index contributed by atoms with van der Waals surface area (Å²) in [5.41, 5.74) is 1.48. The van der Waals surface area contributed by atoms with Crippen LogP contribution in [0.1, 0.15) is 18.4 Å². The van der Waals surface area contributed by atoms with Crippen molar-refractivity contribution in [1.82, 2.24) is 5.32 Å². The molecule has 0 aliphatic carbocycles. The average Bonchev–Trinajstić information content (AvgIpc) is 2.81. The van der Waals surface area contributed by atoms with E-state index in [0.29, 0.717) is 12.0 Å². The molecule has 4 heteroatoms. The van der Waals surface area contributed by atoms with E-state index in [1.165, 1.54) is 16.2 Å². The Morgan fingerprint density at radius 1 is 1.50 bits per heavy atom. The van der Waals surface area contributed by atoms with E-state index in [-0.39, 0.29) is 11.9 Å². The Bertz CT molecular complexity index is 382. The third-order valence-electron chi connectivity index (χ3n) is 3.53. The molecule has 100 valence electrons. The lowest BCUT2D eigenvalue weighted by Crippen LogP contribution is -2.39. The van der Waals surface area contributed by atoms with Crippen molar-refractivity contribution in [2.24, 2.45) is 0 Å². The molecule has 0 radical (unpaired) electrons. The van der Waals surface area contributed by atoms with E-state index in [2.05, 4.69) is 42.8 Å². The quantitative estimate of drug-likeness (QED) is 0.840. The third kappa shape index (κ3) is 3.23. The van der Waals surface area contributed by atoms with Crippen LogP contribution in [0.25, 0.3) is 0 Å². The van der Waals surface area contributed by atoms with Gasteiger partial charge in [-0.05, 0) is 24.8 Å². The van der Waals surface area contributed by atoms with Crippen LogP contribution in [0.15, 0.2) is 29.2 Å². The molecule has 0 spiro atoms. The Labute approximate surface area is 118 Å². The highest BCUT2D eigenvalue weighted by molar-refractivity contribution is 7.99. The molecule has 1 aromatic carbocycles. The van der Waals surface area contributed by atoms with Crippen molar-refractivity contribution in [2.45, 2.75) is 29.0 Å². The lowest BCUT2D eigenvalue weighted by Gasteiger charge is -2.23. The molecule has 0 amide bonds. The topological polar surface area (TPSA) is 32.3 Å². The first kappa shape index (κ1) is 14.3. The molecule has 0 bridgehead atoms. The van der Waals surface area contributed by atoms with E-state index < -0.39 is 0 Å². The SMILES string of the molecule is CSC(CO)C(C)NCC1CSc2ccccc21. The Hall–Kier alpha value is -0.160. The second-order valence-electron chi connectivity index (χ2n) is 4.70. The van der Waals surface area contributed by atoms with Gasteiger partial charge in [-0.2, -0.15) is 11.8 Å². The van der Waals surface area contributed by atoms with Crippen molar-refractivity contribution in [1.29, 1.82) is 0 Å². The van der Waals surface area contributed by atoms with Gasteiger partial charge in [0.25, 0.3) is 0 Å². The van der Waals surface area contributed by atoms with Gasteiger partial charge in [0.2, 0.25) is 0 Å². The molecule has 1 aliphatic rings. The van der Waals surface area contributed by atoms with Crippen LogP contribution in [-0.4, -0.2) is 41.6 Å². The number of thioether (sulfide) groups is 2. The van der Waals surface area contributed by atoms with E-state index in [9.17, 15) is 5.11 Å². The van der Waals surface area contributed by atoms with Gasteiger partial charge < -0.3 is 10.4 Å². The van der Waals surface area contributed by atoms with Gasteiger partial charge in [0.1, 0.15) is 0 Å². The van der Waals surface area contributed by atoms with E-state index in [1.807, 2.05) is 11.8 Å². The van der Waals surface area contributed by atoms with E-state index >= 15 is 0 Å². The molecule has 3 unspecified atom stereocenters. The minimum atomic E-state index is 0.241. The normalized spacial score (nSPS) is 21.6. The standard InChI is InChI=1S/C14H21NOS2/c1-10(14(8-16)17-2)15-7-11-9-18-13-6-4-3-5-12(11)13/h3-6,10-11,14-16H,7-9H2,1-2H3. The molecule has 2 rings (SSSR count). The highest BCUT2D eigenvalue weighted by Gasteiger charge is 2.24. The summed E-state index contributed by atoms with van der Waals surface area (Å²) < 4.78 is 0. The Morgan fingerprint density at radius 2 is 2.28 bits per heavy atom. The summed E-state index contributed by atoms with van der Waals surface area (Å²) in [5.74, 6) is 1.78. The Kier molecular flexibility index (Phi) is 5.42. The van der Waals surface area contributed by atoms with Crippen LogP contribution < -0.4 is 5.32 Å². The first-order valence-corrected chi connectivity index (χ1v) is 8.62. The van der Waals surface area contributed by atoms with E-state index in [1.54, 1.807) is 11.8 Å². The first-order valence-electron chi connectivity index (χ1n) is 6.35. The van der Waals surface area contributed by atoms with Gasteiger partial charge in [0, 0.05) is 34.4 Å². The lowest BCUT2D eigenvalue weighted by atomic mass is 10.0. The molecular formula is C14H21NOS2. The molecule has 0 saturated carbocycles. The lowest BCUT2D eigenvalue weighted by molar-refractivity contribution is 0.275. The fraction of sp³-hybridized carbons (Fsp3) is 0.571. The molecule has 18 heavy (non-hydrogen) atoms. The smallest absolute Gasteiger partial charge is 0.0564 e. The van der Waals surface area contributed by atoms with Crippen molar-refractivity contribution in [2.75, 3.05) is 25.2 Å². The van der Waals surface area contributed by atoms with Crippen LogP contribution in [0.5, 0.6) is 0 Å². The largest absolute Gasteiger partial charge is 0.395 e. The molecule has 1 aromatic rings. The number of rotatable bonds is 6. The van der Waals surface area contributed by atoms with Crippen LogP contribution in [-0.2, 0) is 0 Å². The molecule has 0 fully saturated rings. The van der Waals surface area contributed by atoms with Crippen LogP contribution in [0.2, 0.25) is 0 Å². The molecule has 1 heterocycles. The van der Waals surface area contributed by atoms with Gasteiger partial charge in [-0.3, -0.25) is 0 Å². The number of fused-ring (bicyclic) bond motifs is 1. The molecule has 2 nitrogen and oxygen atoms in total. The van der Waals surface area contributed by atoms with Crippen molar-refractivity contribution in [3.8, 4) is 0 Å². The van der Waals surface area contributed by atoms with Crippen LogP contribution in [0, 0.1) is 0 Å². The molecule has 1 aliphatic heterocycles. The fourth-order valence-corrected chi connectivity index (χ4v) is 4.20. The zero-order valence-corrected chi connectivity index (χ0v) is 12.6. The summed E-state index contributed by atoms with van der Waals surface area (Å²) in [7, 11) is 0. The van der Waals surface area contributed by atoms with Gasteiger partial charge >= 0.3 is 0 Å². The summed E-state index contributed by atoms with van der Waals surface area (Å²) in [5, 5.41) is 13.1. The summed E-state index contributed by atoms with van der Waals surface area (Å²) >= 11 is 3.68. The van der Waals surface area contributed by atoms with E-state index in [0.717, 1.165) is 6.54 Å². The minimum Gasteiger partial charge on any atom is -0.395 e. The van der Waals surface area contributed by atoms with Crippen molar-refractivity contribution in [3.05, 3.63) is 29.8 Å². The Balaban J connectivity index is 1.89. The number of hydrogen-bond donors (Lipinski definition) is 2. The monoisotopic (exact) mass is 283 g/mol. The number of hydrogen-bond acceptors (Lipinski definition) is 4. The summed E-state index contributed by atoms with van der Waals surface area (Å²) in [4.78, 5) is 1.43. The van der Waals surface area contributed by atoms with Crippen molar-refractivity contribution < 1.29 is 5.11 Å². The predicted octanol–water partition coefficient (Wildman–Crippen LogP) is 2.58. The zero-order chi connectivity index (χ0) is 13.0. The number of benzene rings is 1. The minimum absolute atomic E-state index is 0.241. The van der Waals surface area contributed by atoms with Gasteiger partial charge in [0.05, 0.1) is 6.61 Å². The maximum Gasteiger partial charge on any atom is 0.0564 e.